The number of rotatable bonds is 3. The molecule has 0 atom stereocenters. The van der Waals surface area contributed by atoms with Gasteiger partial charge in [-0.1, -0.05) is 6.08 Å². The van der Waals surface area contributed by atoms with E-state index >= 15 is 0 Å². The van der Waals surface area contributed by atoms with E-state index in [2.05, 4.69) is 0 Å². The van der Waals surface area contributed by atoms with Gasteiger partial charge in [0, 0.05) is 5.56 Å². The first kappa shape index (κ1) is 10.9. The van der Waals surface area contributed by atoms with Gasteiger partial charge in [0.25, 0.3) is 0 Å². The molecular weight excluding hydrogens is 184 g/mol. The Balaban J connectivity index is 2.99. The van der Waals surface area contributed by atoms with Crippen molar-refractivity contribution in [3.63, 3.8) is 0 Å². The second-order valence-electron chi connectivity index (χ2n) is 3.09. The molecule has 0 aliphatic rings. The lowest BCUT2D eigenvalue weighted by atomic mass is 10.1. The van der Waals surface area contributed by atoms with E-state index in [0.29, 0.717) is 24.1 Å². The van der Waals surface area contributed by atoms with Crippen molar-refractivity contribution in [2.24, 2.45) is 5.73 Å². The van der Waals surface area contributed by atoms with Crippen molar-refractivity contribution in [2.45, 2.75) is 13.3 Å². The van der Waals surface area contributed by atoms with Crippen molar-refractivity contribution in [3.8, 4) is 0 Å². The fourth-order valence-corrected chi connectivity index (χ4v) is 1.21. The standard InChI is InChI=1S/C11H13F2N/c1-8(3-2-6-14)10-7-9(12)4-5-11(10)13/h3-5,7H,2,6,14H2,1H3. The summed E-state index contributed by atoms with van der Waals surface area (Å²) in [5.74, 6) is -0.834. The summed E-state index contributed by atoms with van der Waals surface area (Å²) in [6.45, 7) is 2.25. The van der Waals surface area contributed by atoms with E-state index in [-0.39, 0.29) is 0 Å². The van der Waals surface area contributed by atoms with Crippen molar-refractivity contribution >= 4 is 5.57 Å². The molecule has 1 rings (SSSR count). The first-order valence-electron chi connectivity index (χ1n) is 4.47. The van der Waals surface area contributed by atoms with Crippen LogP contribution in [0.4, 0.5) is 8.78 Å². The smallest absolute Gasteiger partial charge is 0.130 e. The van der Waals surface area contributed by atoms with Gasteiger partial charge in [-0.05, 0) is 43.7 Å². The molecule has 0 saturated carbocycles. The Kier molecular flexibility index (Phi) is 3.77. The molecule has 14 heavy (non-hydrogen) atoms. The second-order valence-corrected chi connectivity index (χ2v) is 3.09. The van der Waals surface area contributed by atoms with Crippen LogP contribution in [0.2, 0.25) is 0 Å². The highest BCUT2D eigenvalue weighted by Crippen LogP contribution is 2.19. The van der Waals surface area contributed by atoms with Gasteiger partial charge in [0.2, 0.25) is 0 Å². The van der Waals surface area contributed by atoms with Gasteiger partial charge in [0.1, 0.15) is 11.6 Å². The minimum absolute atomic E-state index is 0.304. The van der Waals surface area contributed by atoms with E-state index < -0.39 is 11.6 Å². The molecular formula is C11H13F2N. The van der Waals surface area contributed by atoms with E-state index in [1.165, 1.54) is 6.07 Å². The summed E-state index contributed by atoms with van der Waals surface area (Å²) < 4.78 is 26.0. The highest BCUT2D eigenvalue weighted by atomic mass is 19.1. The molecule has 0 unspecified atom stereocenters. The molecule has 1 aromatic carbocycles. The largest absolute Gasteiger partial charge is 0.330 e. The van der Waals surface area contributed by atoms with Crippen LogP contribution < -0.4 is 5.73 Å². The Hall–Kier alpha value is -1.22. The van der Waals surface area contributed by atoms with Crippen molar-refractivity contribution in [1.82, 2.24) is 0 Å². The van der Waals surface area contributed by atoms with Gasteiger partial charge >= 0.3 is 0 Å². The van der Waals surface area contributed by atoms with Crippen LogP contribution in [0.1, 0.15) is 18.9 Å². The van der Waals surface area contributed by atoms with Crippen LogP contribution in [0.15, 0.2) is 24.3 Å². The molecule has 1 aromatic rings. The number of nitrogens with two attached hydrogens (primary N) is 1. The van der Waals surface area contributed by atoms with Gasteiger partial charge in [-0.2, -0.15) is 0 Å². The van der Waals surface area contributed by atoms with E-state index in [1.807, 2.05) is 0 Å². The normalized spacial score (nSPS) is 11.9. The van der Waals surface area contributed by atoms with Crippen molar-refractivity contribution in [2.75, 3.05) is 6.54 Å². The lowest BCUT2D eigenvalue weighted by molar-refractivity contribution is 0.597. The fourth-order valence-electron chi connectivity index (χ4n) is 1.21. The van der Waals surface area contributed by atoms with Crippen LogP contribution in [0.3, 0.4) is 0 Å². The van der Waals surface area contributed by atoms with Crippen LogP contribution in [-0.2, 0) is 0 Å². The number of hydrogen-bond donors (Lipinski definition) is 1. The quantitative estimate of drug-likeness (QED) is 0.792. The molecule has 0 heterocycles. The molecule has 0 bridgehead atoms. The summed E-state index contributed by atoms with van der Waals surface area (Å²) in [5.41, 5.74) is 6.33. The van der Waals surface area contributed by atoms with E-state index in [9.17, 15) is 8.78 Å². The maximum Gasteiger partial charge on any atom is 0.130 e. The summed E-state index contributed by atoms with van der Waals surface area (Å²) in [6.07, 6.45) is 2.47. The first-order valence-corrected chi connectivity index (χ1v) is 4.47. The van der Waals surface area contributed by atoms with Gasteiger partial charge in [0.05, 0.1) is 0 Å². The van der Waals surface area contributed by atoms with Gasteiger partial charge in [-0.25, -0.2) is 8.78 Å². The number of allylic oxidation sites excluding steroid dienone is 1. The Labute approximate surface area is 82.2 Å². The van der Waals surface area contributed by atoms with Crippen LogP contribution in [0, 0.1) is 11.6 Å². The minimum Gasteiger partial charge on any atom is -0.330 e. The molecule has 0 aromatic heterocycles. The second kappa shape index (κ2) is 4.86. The van der Waals surface area contributed by atoms with E-state index in [1.54, 1.807) is 13.0 Å². The molecule has 0 amide bonds. The van der Waals surface area contributed by atoms with Gasteiger partial charge in [-0.15, -0.1) is 0 Å². The van der Waals surface area contributed by atoms with Gasteiger partial charge in [0.15, 0.2) is 0 Å². The highest BCUT2D eigenvalue weighted by Gasteiger charge is 2.04. The summed E-state index contributed by atoms with van der Waals surface area (Å²) in [5, 5.41) is 0. The molecule has 0 aliphatic carbocycles. The zero-order chi connectivity index (χ0) is 10.6. The lowest BCUT2D eigenvalue weighted by Crippen LogP contribution is -1.96. The molecule has 0 aliphatic heterocycles. The van der Waals surface area contributed by atoms with E-state index in [0.717, 1.165) is 12.1 Å². The average Bonchev–Trinajstić information content (AvgIpc) is 2.18. The molecule has 2 N–H and O–H groups in total. The third-order valence-electron chi connectivity index (χ3n) is 1.97. The predicted octanol–water partition coefficient (Wildman–Crippen LogP) is 2.72. The molecule has 0 fully saturated rings. The Bertz CT molecular complexity index is 345. The lowest BCUT2D eigenvalue weighted by Gasteiger charge is -2.03. The maximum atomic E-state index is 13.2. The van der Waals surface area contributed by atoms with Crippen molar-refractivity contribution < 1.29 is 8.78 Å². The van der Waals surface area contributed by atoms with Crippen molar-refractivity contribution in [3.05, 3.63) is 41.5 Å². The average molecular weight is 197 g/mol. The number of halogens is 2. The predicted molar refractivity (Wildman–Crippen MR) is 53.7 cm³/mol. The zero-order valence-corrected chi connectivity index (χ0v) is 8.06. The maximum absolute atomic E-state index is 13.2. The van der Waals surface area contributed by atoms with Crippen LogP contribution >= 0.6 is 0 Å². The summed E-state index contributed by atoms with van der Waals surface area (Å²) in [4.78, 5) is 0. The Morgan fingerprint density at radius 2 is 2.14 bits per heavy atom. The third-order valence-corrected chi connectivity index (χ3v) is 1.97. The third kappa shape index (κ3) is 2.64. The summed E-state index contributed by atoms with van der Waals surface area (Å²) >= 11 is 0. The minimum atomic E-state index is -0.429. The topological polar surface area (TPSA) is 26.0 Å². The first-order chi connectivity index (χ1) is 6.65. The molecule has 0 saturated heterocycles. The molecule has 1 nitrogen and oxygen atoms in total. The fraction of sp³-hybridized carbons (Fsp3) is 0.273. The van der Waals surface area contributed by atoms with Gasteiger partial charge < -0.3 is 5.73 Å². The SMILES string of the molecule is CC(=CCCN)c1cc(F)ccc1F. The summed E-state index contributed by atoms with van der Waals surface area (Å²) in [7, 11) is 0. The Morgan fingerprint density at radius 3 is 2.79 bits per heavy atom. The zero-order valence-electron chi connectivity index (χ0n) is 8.06. The molecule has 0 radical (unpaired) electrons. The molecule has 3 heteroatoms. The number of hydrogen-bond acceptors (Lipinski definition) is 1. The molecule has 0 spiro atoms. The molecule has 76 valence electrons. The highest BCUT2D eigenvalue weighted by molar-refractivity contribution is 5.64. The summed E-state index contributed by atoms with van der Waals surface area (Å²) in [6, 6.07) is 3.43. The van der Waals surface area contributed by atoms with Crippen LogP contribution in [0.25, 0.3) is 5.57 Å². The van der Waals surface area contributed by atoms with Gasteiger partial charge in [-0.3, -0.25) is 0 Å². The van der Waals surface area contributed by atoms with E-state index in [4.69, 9.17) is 5.73 Å². The number of benzene rings is 1. The monoisotopic (exact) mass is 197 g/mol. The van der Waals surface area contributed by atoms with Crippen molar-refractivity contribution in [1.29, 1.82) is 0 Å². The van der Waals surface area contributed by atoms with Crippen LogP contribution in [0.5, 0.6) is 0 Å². The van der Waals surface area contributed by atoms with Crippen LogP contribution in [-0.4, -0.2) is 6.54 Å². The Morgan fingerprint density at radius 1 is 1.43 bits per heavy atom.